The molecule has 160 valence electrons. The lowest BCUT2D eigenvalue weighted by molar-refractivity contribution is 0.102. The van der Waals surface area contributed by atoms with Crippen molar-refractivity contribution in [2.75, 3.05) is 16.8 Å². The normalized spacial score (nSPS) is 12.5. The van der Waals surface area contributed by atoms with E-state index in [0.29, 0.717) is 17.0 Å². The molecular weight excluding hydrogens is 468 g/mol. The number of carbonyl (C=O) groups is 1. The first kappa shape index (κ1) is 21.0. The number of carbonyl (C=O) groups excluding carboxylic acids is 1. The molecule has 0 bridgehead atoms. The Hall–Kier alpha value is -3.27. The molecule has 1 aromatic carbocycles. The van der Waals surface area contributed by atoms with Crippen molar-refractivity contribution in [2.24, 2.45) is 0 Å². The van der Waals surface area contributed by atoms with Crippen molar-refractivity contribution in [1.82, 2.24) is 5.16 Å². The van der Waals surface area contributed by atoms with Gasteiger partial charge in [-0.25, -0.2) is 13.1 Å². The van der Waals surface area contributed by atoms with E-state index >= 15 is 0 Å². The molecule has 0 radical (unpaired) electrons. The number of benzene rings is 1. The Kier molecular flexibility index (Phi) is 5.26. The van der Waals surface area contributed by atoms with E-state index in [0.717, 1.165) is 11.3 Å². The third-order valence-corrected chi connectivity index (χ3v) is 7.29. The average Bonchev–Trinajstić information content (AvgIpc) is 3.47. The number of rotatable bonds is 5. The Morgan fingerprint density at radius 2 is 2.13 bits per heavy atom. The Morgan fingerprint density at radius 1 is 1.35 bits per heavy atom. The highest BCUT2D eigenvalue weighted by Gasteiger charge is 2.29. The minimum Gasteiger partial charge on any atom is -0.453 e. The van der Waals surface area contributed by atoms with Crippen molar-refractivity contribution < 1.29 is 27.2 Å². The first-order valence-corrected chi connectivity index (χ1v) is 11.3. The number of amides is 1. The Labute approximate surface area is 185 Å². The van der Waals surface area contributed by atoms with Crippen LogP contribution in [0.15, 0.2) is 26.9 Å². The lowest BCUT2D eigenvalue weighted by Crippen LogP contribution is -2.19. The fourth-order valence-corrected chi connectivity index (χ4v) is 5.34. The van der Waals surface area contributed by atoms with Gasteiger partial charge < -0.3 is 19.3 Å². The van der Waals surface area contributed by atoms with Crippen LogP contribution in [0.4, 0.5) is 11.6 Å². The van der Waals surface area contributed by atoms with Crippen LogP contribution in [0, 0.1) is 25.2 Å². The van der Waals surface area contributed by atoms with Gasteiger partial charge in [-0.3, -0.25) is 4.79 Å². The van der Waals surface area contributed by atoms with Gasteiger partial charge in [0.1, 0.15) is 20.5 Å². The maximum absolute atomic E-state index is 13.0. The third kappa shape index (κ3) is 3.67. The van der Waals surface area contributed by atoms with Gasteiger partial charge >= 0.3 is 0 Å². The van der Waals surface area contributed by atoms with E-state index in [1.54, 1.807) is 13.8 Å². The fourth-order valence-electron chi connectivity index (χ4n) is 2.85. The van der Waals surface area contributed by atoms with Gasteiger partial charge in [-0.1, -0.05) is 16.8 Å². The number of ether oxygens (including phenoxy) is 2. The number of thiophene rings is 1. The third-order valence-electron chi connectivity index (χ3n) is 4.42. The summed E-state index contributed by atoms with van der Waals surface area (Å²) in [5, 5.41) is 17.0. The molecule has 0 spiro atoms. The predicted molar refractivity (Wildman–Crippen MR) is 111 cm³/mol. The zero-order valence-electron chi connectivity index (χ0n) is 16.0. The number of hydrogen-bond donors (Lipinski definition) is 2. The molecule has 0 saturated carbocycles. The van der Waals surface area contributed by atoms with E-state index in [1.165, 1.54) is 17.5 Å². The monoisotopic (exact) mass is 480 g/mol. The molecule has 0 saturated heterocycles. The highest BCUT2D eigenvalue weighted by molar-refractivity contribution is 7.93. The summed E-state index contributed by atoms with van der Waals surface area (Å²) in [5.41, 5.74) is 1.29. The highest BCUT2D eigenvalue weighted by Crippen LogP contribution is 2.43. The SMILES string of the molecule is Cc1noc(NS(=O)(=O)c2ccsc2C(=O)Nc2c(C)c(C#N)cc3c2OCO3)c1Cl. The second-order valence-electron chi connectivity index (χ2n) is 6.35. The van der Waals surface area contributed by atoms with Gasteiger partial charge in [-0.2, -0.15) is 5.26 Å². The number of nitriles is 1. The van der Waals surface area contributed by atoms with Crippen LogP contribution in [0.3, 0.4) is 0 Å². The minimum atomic E-state index is -4.21. The number of nitrogens with zero attached hydrogens (tertiary/aromatic N) is 2. The molecular formula is C18H13ClN4O6S2. The summed E-state index contributed by atoms with van der Waals surface area (Å²) in [7, 11) is -4.21. The second kappa shape index (κ2) is 7.77. The number of halogens is 1. The Balaban J connectivity index is 1.67. The van der Waals surface area contributed by atoms with Crippen molar-refractivity contribution in [3.63, 3.8) is 0 Å². The standard InChI is InChI=1S/C18H13ClN4O6S2/c1-8-10(6-20)5-11-15(28-7-27-11)14(8)21-17(24)16-12(3-4-30-16)31(25,26)23-18-13(19)9(2)22-29-18/h3-5,23H,7H2,1-2H3,(H,21,24). The van der Waals surface area contributed by atoms with Crippen LogP contribution in [0.25, 0.3) is 0 Å². The van der Waals surface area contributed by atoms with Crippen molar-refractivity contribution in [3.8, 4) is 17.6 Å². The molecule has 2 N–H and O–H groups in total. The Bertz CT molecular complexity index is 1350. The topological polar surface area (TPSA) is 144 Å². The molecule has 2 aromatic heterocycles. The van der Waals surface area contributed by atoms with E-state index < -0.39 is 15.9 Å². The number of fused-ring (bicyclic) bond motifs is 1. The van der Waals surface area contributed by atoms with Gasteiger partial charge in [0.05, 0.1) is 17.3 Å². The molecule has 13 heteroatoms. The minimum absolute atomic E-state index is 0.0152. The smallest absolute Gasteiger partial charge is 0.267 e. The van der Waals surface area contributed by atoms with Crippen LogP contribution in [-0.2, 0) is 10.0 Å². The number of anilines is 2. The van der Waals surface area contributed by atoms with Crippen LogP contribution in [0.5, 0.6) is 11.5 Å². The lowest BCUT2D eigenvalue weighted by Gasteiger charge is -2.13. The Morgan fingerprint density at radius 3 is 2.81 bits per heavy atom. The van der Waals surface area contributed by atoms with E-state index in [4.69, 9.17) is 25.6 Å². The first-order valence-electron chi connectivity index (χ1n) is 8.59. The number of sulfonamides is 1. The zero-order valence-corrected chi connectivity index (χ0v) is 18.4. The van der Waals surface area contributed by atoms with Crippen LogP contribution in [0.1, 0.15) is 26.5 Å². The van der Waals surface area contributed by atoms with Gasteiger partial charge in [0.2, 0.25) is 6.79 Å². The quantitative estimate of drug-likeness (QED) is 0.563. The molecule has 1 aliphatic rings. The zero-order chi connectivity index (χ0) is 22.3. The van der Waals surface area contributed by atoms with E-state index in [9.17, 15) is 18.5 Å². The van der Waals surface area contributed by atoms with Crippen molar-refractivity contribution in [2.45, 2.75) is 18.7 Å². The van der Waals surface area contributed by atoms with Gasteiger partial charge in [-0.05, 0) is 30.9 Å². The maximum Gasteiger partial charge on any atom is 0.267 e. The molecule has 0 atom stereocenters. The number of hydrogen-bond acceptors (Lipinski definition) is 9. The molecule has 3 heterocycles. The summed E-state index contributed by atoms with van der Waals surface area (Å²) in [6.45, 7) is 3.12. The summed E-state index contributed by atoms with van der Waals surface area (Å²) >= 11 is 6.90. The summed E-state index contributed by atoms with van der Waals surface area (Å²) < 4.78 is 43.5. The molecule has 1 amide bonds. The van der Waals surface area contributed by atoms with Crippen LogP contribution in [0.2, 0.25) is 5.02 Å². The summed E-state index contributed by atoms with van der Waals surface area (Å²) in [6, 6.07) is 4.82. The van der Waals surface area contributed by atoms with Gasteiger partial charge in [0.15, 0.2) is 11.5 Å². The number of aromatic nitrogens is 1. The van der Waals surface area contributed by atoms with Gasteiger partial charge in [0, 0.05) is 6.07 Å². The molecule has 4 rings (SSSR count). The van der Waals surface area contributed by atoms with Gasteiger partial charge in [0.25, 0.3) is 21.8 Å². The highest BCUT2D eigenvalue weighted by atomic mass is 35.5. The molecule has 0 unspecified atom stereocenters. The molecule has 31 heavy (non-hydrogen) atoms. The number of aryl methyl sites for hydroxylation is 1. The average molecular weight is 481 g/mol. The molecule has 3 aromatic rings. The summed E-state index contributed by atoms with van der Waals surface area (Å²) in [5.74, 6) is -0.370. The van der Waals surface area contributed by atoms with Gasteiger partial charge in [-0.15, -0.1) is 11.3 Å². The lowest BCUT2D eigenvalue weighted by atomic mass is 10.1. The predicted octanol–water partition coefficient (Wildman–Crippen LogP) is 3.66. The van der Waals surface area contributed by atoms with Crippen molar-refractivity contribution >= 4 is 50.4 Å². The second-order valence-corrected chi connectivity index (χ2v) is 9.30. The molecule has 1 aliphatic heterocycles. The van der Waals surface area contributed by atoms with E-state index in [1.807, 2.05) is 6.07 Å². The van der Waals surface area contributed by atoms with Crippen LogP contribution in [-0.4, -0.2) is 26.3 Å². The summed E-state index contributed by atoms with van der Waals surface area (Å²) in [4.78, 5) is 12.6. The molecule has 10 nitrogen and oxygen atoms in total. The molecule has 0 fully saturated rings. The molecule has 0 aliphatic carbocycles. The largest absolute Gasteiger partial charge is 0.453 e. The van der Waals surface area contributed by atoms with Crippen molar-refractivity contribution in [1.29, 1.82) is 5.26 Å². The summed E-state index contributed by atoms with van der Waals surface area (Å²) in [6.07, 6.45) is 0. The van der Waals surface area contributed by atoms with E-state index in [2.05, 4.69) is 15.2 Å². The van der Waals surface area contributed by atoms with Crippen LogP contribution < -0.4 is 19.5 Å². The maximum atomic E-state index is 13.0. The first-order chi connectivity index (χ1) is 14.7. The van der Waals surface area contributed by atoms with E-state index in [-0.39, 0.29) is 44.5 Å². The number of nitrogens with one attached hydrogen (secondary N) is 2. The fraction of sp³-hybridized carbons (Fsp3) is 0.167. The van der Waals surface area contributed by atoms with Crippen molar-refractivity contribution in [3.05, 3.63) is 44.2 Å². The van der Waals surface area contributed by atoms with Crippen LogP contribution >= 0.6 is 22.9 Å².